The number of rotatable bonds is 10. The van der Waals surface area contributed by atoms with Crippen LogP contribution in [0.3, 0.4) is 0 Å². The third kappa shape index (κ3) is 6.56. The van der Waals surface area contributed by atoms with Crippen molar-refractivity contribution in [2.24, 2.45) is 0 Å². The van der Waals surface area contributed by atoms with Gasteiger partial charge < -0.3 is 29.4 Å². The minimum absolute atomic E-state index is 0.0849. The van der Waals surface area contributed by atoms with Gasteiger partial charge in [0, 0.05) is 24.4 Å². The van der Waals surface area contributed by atoms with Crippen molar-refractivity contribution in [3.05, 3.63) is 111 Å². The van der Waals surface area contributed by atoms with Gasteiger partial charge in [-0.3, -0.25) is 14.6 Å². The quantitative estimate of drug-likeness (QED) is 0.206. The number of hydrogen-bond acceptors (Lipinski definition) is 8. The van der Waals surface area contributed by atoms with E-state index in [-0.39, 0.29) is 42.4 Å². The lowest BCUT2D eigenvalue weighted by atomic mass is 9.88. The number of pyridine rings is 2. The molecule has 0 saturated heterocycles. The molecule has 1 atom stereocenters. The highest BCUT2D eigenvalue weighted by Crippen LogP contribution is 2.33. The van der Waals surface area contributed by atoms with Gasteiger partial charge in [0.2, 0.25) is 0 Å². The Bertz CT molecular complexity index is 1500. The van der Waals surface area contributed by atoms with Crippen LogP contribution in [-0.4, -0.2) is 37.9 Å². The third-order valence-corrected chi connectivity index (χ3v) is 6.53. The van der Waals surface area contributed by atoms with Crippen molar-refractivity contribution in [1.29, 1.82) is 0 Å². The van der Waals surface area contributed by atoms with Gasteiger partial charge >= 0.3 is 5.97 Å². The minimum atomic E-state index is -0.764. The average Bonchev–Trinajstić information content (AvgIpc) is 2.93. The van der Waals surface area contributed by atoms with Gasteiger partial charge in [-0.2, -0.15) is 0 Å². The van der Waals surface area contributed by atoms with E-state index in [1.807, 2.05) is 18.2 Å². The molecule has 4 aromatic rings. The highest BCUT2D eigenvalue weighted by molar-refractivity contribution is 5.71. The monoisotopic (exact) mass is 530 g/mol. The molecule has 0 radical (unpaired) electrons. The molecule has 0 bridgehead atoms. The maximum Gasteiger partial charge on any atom is 0.306 e. The molecular weight excluding hydrogens is 500 g/mol. The van der Waals surface area contributed by atoms with Gasteiger partial charge in [-0.15, -0.1) is 0 Å². The van der Waals surface area contributed by atoms with Crippen molar-refractivity contribution in [2.45, 2.75) is 38.8 Å². The predicted molar refractivity (Wildman–Crippen MR) is 144 cm³/mol. The number of esters is 1. The Kier molecular flexibility index (Phi) is 8.50. The van der Waals surface area contributed by atoms with Crippen molar-refractivity contribution in [2.75, 3.05) is 7.11 Å². The molecule has 2 aromatic heterocycles. The summed E-state index contributed by atoms with van der Waals surface area (Å²) in [7, 11) is 1.27. The summed E-state index contributed by atoms with van der Waals surface area (Å²) >= 11 is 0. The Labute approximate surface area is 225 Å². The molecule has 3 N–H and O–H groups in total. The molecule has 0 saturated carbocycles. The van der Waals surface area contributed by atoms with Crippen molar-refractivity contribution >= 4 is 5.97 Å². The van der Waals surface area contributed by atoms with E-state index in [1.54, 1.807) is 43.5 Å². The van der Waals surface area contributed by atoms with Gasteiger partial charge in [-0.25, -0.2) is 0 Å². The largest absolute Gasteiger partial charge is 0.507 e. The van der Waals surface area contributed by atoms with E-state index in [0.717, 1.165) is 11.3 Å². The molecule has 4 rings (SSSR count). The molecule has 2 heterocycles. The fraction of sp³-hybridized carbons (Fsp3) is 0.233. The van der Waals surface area contributed by atoms with E-state index in [9.17, 15) is 24.9 Å². The summed E-state index contributed by atoms with van der Waals surface area (Å²) in [5.41, 5.74) is 2.33. The molecule has 0 amide bonds. The number of phenols is 2. The van der Waals surface area contributed by atoms with Gasteiger partial charge in [-0.05, 0) is 66.9 Å². The first-order chi connectivity index (χ1) is 18.8. The molecule has 0 aliphatic heterocycles. The number of aromatic nitrogens is 2. The number of carbonyl (C=O) groups is 1. The van der Waals surface area contributed by atoms with E-state index in [4.69, 9.17) is 9.47 Å². The number of carbonyl (C=O) groups excluding carboxylic acids is 1. The average molecular weight is 531 g/mol. The lowest BCUT2D eigenvalue weighted by Crippen LogP contribution is -2.29. The van der Waals surface area contributed by atoms with Crippen LogP contribution < -0.4 is 10.3 Å². The number of benzene rings is 2. The Balaban J connectivity index is 1.63. The highest BCUT2D eigenvalue weighted by atomic mass is 16.5. The molecule has 0 fully saturated rings. The van der Waals surface area contributed by atoms with Gasteiger partial charge in [-0.1, -0.05) is 24.3 Å². The van der Waals surface area contributed by atoms with Crippen LogP contribution in [0.4, 0.5) is 0 Å². The number of phenolic OH excluding ortho intramolecular Hbond substituents is 2. The predicted octanol–water partition coefficient (Wildman–Crippen LogP) is 4.19. The van der Waals surface area contributed by atoms with Crippen LogP contribution in [-0.2, 0) is 29.1 Å². The van der Waals surface area contributed by atoms with E-state index in [1.165, 1.54) is 29.9 Å². The first kappa shape index (κ1) is 27.3. The number of aromatic hydroxyl groups is 3. The van der Waals surface area contributed by atoms with Gasteiger partial charge in [0.25, 0.3) is 5.56 Å². The Morgan fingerprint density at radius 3 is 2.41 bits per heavy atom. The number of methoxy groups -OCH3 is 1. The molecule has 202 valence electrons. The number of ether oxygens (including phenoxy) is 2. The Morgan fingerprint density at radius 1 is 0.974 bits per heavy atom. The molecule has 9 heteroatoms. The van der Waals surface area contributed by atoms with Crippen molar-refractivity contribution in [1.82, 2.24) is 9.55 Å². The van der Waals surface area contributed by atoms with Crippen LogP contribution in [0, 0.1) is 6.92 Å². The van der Waals surface area contributed by atoms with Crippen molar-refractivity contribution < 1.29 is 29.6 Å². The molecule has 39 heavy (non-hydrogen) atoms. The lowest BCUT2D eigenvalue weighted by Gasteiger charge is -2.21. The summed E-state index contributed by atoms with van der Waals surface area (Å²) in [5.74, 6) is -1.38. The van der Waals surface area contributed by atoms with Crippen LogP contribution in [0.1, 0.15) is 40.4 Å². The maximum absolute atomic E-state index is 13.7. The zero-order chi connectivity index (χ0) is 27.9. The molecule has 0 spiro atoms. The number of hydrogen-bond donors (Lipinski definition) is 3. The van der Waals surface area contributed by atoms with Gasteiger partial charge in [0.1, 0.15) is 18.1 Å². The van der Waals surface area contributed by atoms with Crippen LogP contribution in [0.15, 0.2) is 77.7 Å². The van der Waals surface area contributed by atoms with Crippen LogP contribution in [0.25, 0.3) is 0 Å². The molecule has 9 nitrogen and oxygen atoms in total. The summed E-state index contributed by atoms with van der Waals surface area (Å²) in [6, 6.07) is 18.5. The second-order valence-electron chi connectivity index (χ2n) is 9.13. The Morgan fingerprint density at radius 2 is 1.74 bits per heavy atom. The normalized spacial score (nSPS) is 11.6. The topological polar surface area (TPSA) is 131 Å². The van der Waals surface area contributed by atoms with E-state index < -0.39 is 17.4 Å². The second-order valence-corrected chi connectivity index (χ2v) is 9.13. The number of nitrogens with zero attached hydrogens (tertiary/aromatic N) is 2. The molecule has 0 unspecified atom stereocenters. The van der Waals surface area contributed by atoms with Gasteiger partial charge in [0.15, 0.2) is 11.5 Å². The fourth-order valence-electron chi connectivity index (χ4n) is 4.41. The van der Waals surface area contributed by atoms with Gasteiger partial charge in [0.05, 0.1) is 24.8 Å². The minimum Gasteiger partial charge on any atom is -0.507 e. The first-order valence-corrected chi connectivity index (χ1v) is 12.4. The molecular formula is C30H30N2O7. The standard InChI is InChI=1S/C30H30N2O7/c1-19-15-27(35)29(30(37)32(19)14-12-20-6-11-25(33)26(34)16-20)24(17-28(36)38-2)21-7-9-23(10-8-21)39-18-22-5-3-4-13-31-22/h3-11,13,15-16,24,33-35H,12,14,17-18H2,1-2H3/t24-/m0/s1. The van der Waals surface area contributed by atoms with E-state index in [0.29, 0.717) is 23.4 Å². The van der Waals surface area contributed by atoms with Crippen LogP contribution >= 0.6 is 0 Å². The lowest BCUT2D eigenvalue weighted by molar-refractivity contribution is -0.140. The van der Waals surface area contributed by atoms with E-state index in [2.05, 4.69) is 4.98 Å². The zero-order valence-electron chi connectivity index (χ0n) is 21.7. The fourth-order valence-corrected chi connectivity index (χ4v) is 4.41. The molecule has 0 aliphatic carbocycles. The summed E-state index contributed by atoms with van der Waals surface area (Å²) in [6.45, 7) is 2.25. The summed E-state index contributed by atoms with van der Waals surface area (Å²) < 4.78 is 12.2. The summed E-state index contributed by atoms with van der Waals surface area (Å²) in [4.78, 5) is 30.3. The summed E-state index contributed by atoms with van der Waals surface area (Å²) in [5, 5.41) is 30.2. The maximum atomic E-state index is 13.7. The Hall–Kier alpha value is -4.79. The van der Waals surface area contributed by atoms with Crippen molar-refractivity contribution in [3.8, 4) is 23.0 Å². The second kappa shape index (κ2) is 12.2. The zero-order valence-corrected chi connectivity index (χ0v) is 21.7. The van der Waals surface area contributed by atoms with Crippen molar-refractivity contribution in [3.63, 3.8) is 0 Å². The molecule has 0 aliphatic rings. The third-order valence-electron chi connectivity index (χ3n) is 6.53. The highest BCUT2D eigenvalue weighted by Gasteiger charge is 2.26. The SMILES string of the molecule is COC(=O)C[C@@H](c1ccc(OCc2ccccn2)cc1)c1c(O)cc(C)n(CCc2ccc(O)c(O)c2)c1=O. The van der Waals surface area contributed by atoms with Crippen LogP contribution in [0.2, 0.25) is 0 Å². The first-order valence-electron chi connectivity index (χ1n) is 12.4. The van der Waals surface area contributed by atoms with Crippen LogP contribution in [0.5, 0.6) is 23.0 Å². The summed E-state index contributed by atoms with van der Waals surface area (Å²) in [6.07, 6.45) is 1.93. The smallest absolute Gasteiger partial charge is 0.306 e. The number of aryl methyl sites for hydroxylation is 2. The van der Waals surface area contributed by atoms with E-state index >= 15 is 0 Å². The molecule has 2 aromatic carbocycles.